The van der Waals surface area contributed by atoms with Gasteiger partial charge in [0.1, 0.15) is 5.75 Å². The number of anilines is 1. The van der Waals surface area contributed by atoms with Crippen molar-refractivity contribution in [3.05, 3.63) is 76.3 Å². The summed E-state index contributed by atoms with van der Waals surface area (Å²) in [6.07, 6.45) is 1.12. The van der Waals surface area contributed by atoms with E-state index in [2.05, 4.69) is 15.8 Å². The summed E-state index contributed by atoms with van der Waals surface area (Å²) in [4.78, 5) is 22.2. The molecule has 0 aromatic heterocycles. The second kappa shape index (κ2) is 7.96. The number of hydrogen-bond donors (Lipinski definition) is 3. The Labute approximate surface area is 154 Å². The number of rotatable bonds is 6. The minimum absolute atomic E-state index is 0.0161. The quantitative estimate of drug-likeness (QED) is 0.353. The van der Waals surface area contributed by atoms with Gasteiger partial charge in [0, 0.05) is 11.8 Å². The van der Waals surface area contributed by atoms with Gasteiger partial charge in [0.15, 0.2) is 0 Å². The summed E-state index contributed by atoms with van der Waals surface area (Å²) in [5.74, 6) is -0.548. The monoisotopic (exact) mass is 364 g/mol. The molecule has 27 heavy (non-hydrogen) atoms. The third kappa shape index (κ3) is 4.57. The second-order valence-electron chi connectivity index (χ2n) is 5.71. The molecule has 0 bridgehead atoms. The molecule has 3 aromatic rings. The Morgan fingerprint density at radius 1 is 1.11 bits per heavy atom. The first-order chi connectivity index (χ1) is 13.0. The van der Waals surface area contributed by atoms with Gasteiger partial charge in [0.05, 0.1) is 23.2 Å². The van der Waals surface area contributed by atoms with E-state index < -0.39 is 10.8 Å². The van der Waals surface area contributed by atoms with E-state index in [1.807, 2.05) is 42.5 Å². The molecule has 0 aliphatic heterocycles. The Morgan fingerprint density at radius 3 is 2.67 bits per heavy atom. The number of benzene rings is 3. The summed E-state index contributed by atoms with van der Waals surface area (Å²) in [6.45, 7) is -0.0161. The van der Waals surface area contributed by atoms with E-state index in [4.69, 9.17) is 0 Å². The minimum Gasteiger partial charge on any atom is -0.508 e. The van der Waals surface area contributed by atoms with Crippen LogP contribution in [0.25, 0.3) is 10.8 Å². The largest absolute Gasteiger partial charge is 0.508 e. The molecule has 1 amide bonds. The smallest absolute Gasteiger partial charge is 0.278 e. The average Bonchev–Trinajstić information content (AvgIpc) is 2.66. The predicted octanol–water partition coefficient (Wildman–Crippen LogP) is 3.02. The number of aromatic hydroxyl groups is 1. The Bertz CT molecular complexity index is 1030. The van der Waals surface area contributed by atoms with Gasteiger partial charge in [-0.25, -0.2) is 5.43 Å². The fourth-order valence-electron chi connectivity index (χ4n) is 2.51. The highest BCUT2D eigenvalue weighted by Gasteiger charge is 2.12. The SMILES string of the molecule is O=C(CNc1ccc2ccccc2c1)N/N=C/c1cc(O)ccc1[N+](=O)[O-]. The predicted molar refractivity (Wildman–Crippen MR) is 103 cm³/mol. The third-order valence-corrected chi connectivity index (χ3v) is 3.80. The zero-order valence-corrected chi connectivity index (χ0v) is 14.1. The molecule has 0 unspecified atom stereocenters. The van der Waals surface area contributed by atoms with E-state index in [1.165, 1.54) is 18.2 Å². The summed E-state index contributed by atoms with van der Waals surface area (Å²) >= 11 is 0. The van der Waals surface area contributed by atoms with Gasteiger partial charge < -0.3 is 10.4 Å². The van der Waals surface area contributed by atoms with Gasteiger partial charge >= 0.3 is 0 Å². The number of carbonyl (C=O) groups is 1. The van der Waals surface area contributed by atoms with Crippen LogP contribution in [-0.4, -0.2) is 28.7 Å². The molecule has 0 aliphatic rings. The lowest BCUT2D eigenvalue weighted by Crippen LogP contribution is -2.25. The molecule has 0 saturated carbocycles. The number of hydrogen-bond acceptors (Lipinski definition) is 6. The van der Waals surface area contributed by atoms with E-state index in [9.17, 15) is 20.0 Å². The number of phenolic OH excluding ortho intramolecular Hbond substituents is 1. The molecular formula is C19H16N4O4. The Kier molecular flexibility index (Phi) is 5.27. The number of nitro benzene ring substituents is 1. The molecule has 0 radical (unpaired) electrons. The fourth-order valence-corrected chi connectivity index (χ4v) is 2.51. The lowest BCUT2D eigenvalue weighted by atomic mass is 10.1. The number of fused-ring (bicyclic) bond motifs is 1. The molecule has 3 aromatic carbocycles. The van der Waals surface area contributed by atoms with Gasteiger partial charge in [-0.2, -0.15) is 5.10 Å². The molecule has 3 rings (SSSR count). The van der Waals surface area contributed by atoms with Crippen molar-refractivity contribution in [2.45, 2.75) is 0 Å². The molecule has 0 saturated heterocycles. The maximum absolute atomic E-state index is 11.9. The molecule has 3 N–H and O–H groups in total. The van der Waals surface area contributed by atoms with Crippen LogP contribution in [0, 0.1) is 10.1 Å². The van der Waals surface area contributed by atoms with Crippen LogP contribution in [0.5, 0.6) is 5.75 Å². The van der Waals surface area contributed by atoms with Crippen molar-refractivity contribution in [2.75, 3.05) is 11.9 Å². The van der Waals surface area contributed by atoms with Crippen molar-refractivity contribution in [2.24, 2.45) is 5.10 Å². The van der Waals surface area contributed by atoms with Crippen molar-refractivity contribution >= 4 is 34.3 Å². The summed E-state index contributed by atoms with van der Waals surface area (Å²) < 4.78 is 0. The van der Waals surface area contributed by atoms with Gasteiger partial charge in [0.2, 0.25) is 0 Å². The summed E-state index contributed by atoms with van der Waals surface area (Å²) in [7, 11) is 0. The number of nitrogens with one attached hydrogen (secondary N) is 2. The van der Waals surface area contributed by atoms with E-state index in [-0.39, 0.29) is 23.5 Å². The maximum atomic E-state index is 11.9. The van der Waals surface area contributed by atoms with E-state index >= 15 is 0 Å². The van der Waals surface area contributed by atoms with Crippen molar-refractivity contribution in [3.63, 3.8) is 0 Å². The summed E-state index contributed by atoms with van der Waals surface area (Å²) in [5, 5.41) is 29.2. The molecule has 0 aliphatic carbocycles. The Hall–Kier alpha value is -3.94. The Balaban J connectivity index is 1.58. The first-order valence-corrected chi connectivity index (χ1v) is 8.05. The molecule has 8 heteroatoms. The van der Waals surface area contributed by atoms with Crippen LogP contribution in [0.2, 0.25) is 0 Å². The second-order valence-corrected chi connectivity index (χ2v) is 5.71. The van der Waals surface area contributed by atoms with E-state index in [1.54, 1.807) is 0 Å². The normalized spacial score (nSPS) is 10.8. The molecular weight excluding hydrogens is 348 g/mol. The van der Waals surface area contributed by atoms with Gasteiger partial charge in [-0.05, 0) is 35.0 Å². The van der Waals surface area contributed by atoms with Gasteiger partial charge in [-0.15, -0.1) is 0 Å². The number of hydrazone groups is 1. The number of amides is 1. The van der Waals surface area contributed by atoms with Gasteiger partial charge in [0.25, 0.3) is 11.6 Å². The lowest BCUT2D eigenvalue weighted by molar-refractivity contribution is -0.385. The van der Waals surface area contributed by atoms with Crippen molar-refractivity contribution in [1.29, 1.82) is 0 Å². The molecule has 0 heterocycles. The Morgan fingerprint density at radius 2 is 1.89 bits per heavy atom. The summed E-state index contributed by atoms with van der Waals surface area (Å²) in [5.41, 5.74) is 2.94. The third-order valence-electron chi connectivity index (χ3n) is 3.80. The molecule has 0 atom stereocenters. The molecule has 0 fully saturated rings. The van der Waals surface area contributed by atoms with Crippen LogP contribution >= 0.6 is 0 Å². The number of nitrogens with zero attached hydrogens (tertiary/aromatic N) is 2. The average molecular weight is 364 g/mol. The first-order valence-electron chi connectivity index (χ1n) is 8.05. The highest BCUT2D eigenvalue weighted by molar-refractivity contribution is 5.89. The number of nitro groups is 1. The van der Waals surface area contributed by atoms with Crippen LogP contribution in [-0.2, 0) is 4.79 Å². The number of phenols is 1. The first kappa shape index (κ1) is 17.9. The summed E-state index contributed by atoms with van der Waals surface area (Å²) in [6, 6.07) is 17.2. The van der Waals surface area contributed by atoms with E-state index in [0.717, 1.165) is 22.7 Å². The molecule has 8 nitrogen and oxygen atoms in total. The number of carbonyl (C=O) groups excluding carboxylic acids is 1. The lowest BCUT2D eigenvalue weighted by Gasteiger charge is -2.06. The van der Waals surface area contributed by atoms with E-state index in [0.29, 0.717) is 0 Å². The zero-order valence-electron chi connectivity index (χ0n) is 14.1. The maximum Gasteiger partial charge on any atom is 0.278 e. The zero-order chi connectivity index (χ0) is 19.2. The van der Waals surface area contributed by atoms with Crippen LogP contribution in [0.1, 0.15) is 5.56 Å². The van der Waals surface area contributed by atoms with Gasteiger partial charge in [-0.3, -0.25) is 14.9 Å². The van der Waals surface area contributed by atoms with Gasteiger partial charge in [-0.1, -0.05) is 30.3 Å². The van der Waals surface area contributed by atoms with Crippen molar-refractivity contribution in [3.8, 4) is 5.75 Å². The highest BCUT2D eigenvalue weighted by Crippen LogP contribution is 2.21. The van der Waals surface area contributed by atoms with Crippen molar-refractivity contribution < 1.29 is 14.8 Å². The van der Waals surface area contributed by atoms with Crippen molar-refractivity contribution in [1.82, 2.24) is 5.43 Å². The van der Waals surface area contributed by atoms with Crippen LogP contribution < -0.4 is 10.7 Å². The fraction of sp³-hybridized carbons (Fsp3) is 0.0526. The standard InChI is InChI=1S/C19H16N4O4/c24-17-7-8-18(23(26)27)15(10-17)11-21-22-19(25)12-20-16-6-5-13-3-1-2-4-14(13)9-16/h1-11,20,24H,12H2,(H,22,25)/b21-11+. The topological polar surface area (TPSA) is 117 Å². The highest BCUT2D eigenvalue weighted by atomic mass is 16.6. The van der Waals surface area contributed by atoms with Crippen LogP contribution in [0.4, 0.5) is 11.4 Å². The molecule has 0 spiro atoms. The minimum atomic E-state index is -0.593. The van der Waals surface area contributed by atoms with Crippen LogP contribution in [0.3, 0.4) is 0 Å². The molecule has 136 valence electrons. The van der Waals surface area contributed by atoms with Crippen LogP contribution in [0.15, 0.2) is 65.8 Å².